The van der Waals surface area contributed by atoms with E-state index in [0.29, 0.717) is 17.9 Å². The molecular formula is C12H18N4O. The van der Waals surface area contributed by atoms with E-state index in [1.165, 1.54) is 12.8 Å². The number of hydrogen-bond donors (Lipinski definition) is 2. The molecule has 5 nitrogen and oxygen atoms in total. The van der Waals surface area contributed by atoms with Crippen LogP contribution < -0.4 is 16.2 Å². The highest BCUT2D eigenvalue weighted by atomic mass is 16.1. The molecule has 1 saturated heterocycles. The maximum Gasteiger partial charge on any atom is 0.293 e. The normalized spacial score (nSPS) is 23.9. The summed E-state index contributed by atoms with van der Waals surface area (Å²) in [4.78, 5) is 16.2. The first-order chi connectivity index (χ1) is 8.34. The average molecular weight is 234 g/mol. The van der Waals surface area contributed by atoms with Gasteiger partial charge in [-0.15, -0.1) is 0 Å². The van der Waals surface area contributed by atoms with E-state index in [4.69, 9.17) is 0 Å². The van der Waals surface area contributed by atoms with Crippen LogP contribution >= 0.6 is 0 Å². The fourth-order valence-electron chi connectivity index (χ4n) is 2.34. The minimum Gasteiger partial charge on any atom is -0.364 e. The topological polar surface area (TPSA) is 59.0 Å². The van der Waals surface area contributed by atoms with E-state index in [-0.39, 0.29) is 5.56 Å². The Morgan fingerprint density at radius 2 is 2.35 bits per heavy atom. The van der Waals surface area contributed by atoms with Gasteiger partial charge >= 0.3 is 0 Å². The minimum absolute atomic E-state index is 0.0213. The molecule has 92 valence electrons. The van der Waals surface area contributed by atoms with Crippen molar-refractivity contribution in [1.82, 2.24) is 14.9 Å². The van der Waals surface area contributed by atoms with Gasteiger partial charge in [-0.25, -0.2) is 4.98 Å². The van der Waals surface area contributed by atoms with Gasteiger partial charge < -0.3 is 15.2 Å². The van der Waals surface area contributed by atoms with Crippen LogP contribution in [0.5, 0.6) is 0 Å². The Kier molecular flexibility index (Phi) is 2.84. The number of aromatic nitrogens is 2. The van der Waals surface area contributed by atoms with Crippen LogP contribution in [0.15, 0.2) is 17.2 Å². The Bertz CT molecular complexity index is 446. The molecule has 0 spiro atoms. The predicted molar refractivity (Wildman–Crippen MR) is 66.3 cm³/mol. The highest BCUT2D eigenvalue weighted by molar-refractivity contribution is 5.31. The van der Waals surface area contributed by atoms with E-state index in [0.717, 1.165) is 25.9 Å². The molecule has 1 aromatic heterocycles. The van der Waals surface area contributed by atoms with Crippen LogP contribution in [0.4, 0.5) is 5.82 Å². The van der Waals surface area contributed by atoms with Crippen molar-refractivity contribution < 1.29 is 0 Å². The summed E-state index contributed by atoms with van der Waals surface area (Å²) in [7, 11) is 0. The summed E-state index contributed by atoms with van der Waals surface area (Å²) in [6.45, 7) is 1.87. The highest BCUT2D eigenvalue weighted by Crippen LogP contribution is 2.33. The van der Waals surface area contributed by atoms with Gasteiger partial charge in [0.15, 0.2) is 5.82 Å². The molecule has 0 bridgehead atoms. The van der Waals surface area contributed by atoms with Gasteiger partial charge in [0.2, 0.25) is 0 Å². The summed E-state index contributed by atoms with van der Waals surface area (Å²) in [5.41, 5.74) is 0.0213. The van der Waals surface area contributed by atoms with Gasteiger partial charge in [-0.1, -0.05) is 0 Å². The second-order valence-corrected chi connectivity index (χ2v) is 4.89. The zero-order chi connectivity index (χ0) is 11.7. The van der Waals surface area contributed by atoms with Crippen LogP contribution in [0, 0.1) is 0 Å². The molecule has 2 heterocycles. The van der Waals surface area contributed by atoms with E-state index in [1.807, 2.05) is 0 Å². The van der Waals surface area contributed by atoms with E-state index >= 15 is 0 Å². The van der Waals surface area contributed by atoms with Gasteiger partial charge in [-0.3, -0.25) is 4.79 Å². The van der Waals surface area contributed by atoms with Crippen molar-refractivity contribution in [2.24, 2.45) is 0 Å². The van der Waals surface area contributed by atoms with Gasteiger partial charge in [0, 0.05) is 31.0 Å². The first-order valence-electron chi connectivity index (χ1n) is 6.39. The lowest BCUT2D eigenvalue weighted by molar-refractivity contribution is 0.629. The van der Waals surface area contributed by atoms with Crippen molar-refractivity contribution >= 4 is 5.82 Å². The Morgan fingerprint density at radius 3 is 3.06 bits per heavy atom. The highest BCUT2D eigenvalue weighted by Gasteiger charge is 2.25. The van der Waals surface area contributed by atoms with Gasteiger partial charge in [-0.2, -0.15) is 0 Å². The summed E-state index contributed by atoms with van der Waals surface area (Å²) in [5, 5.41) is 6.57. The standard InChI is InChI=1S/C12H18N4O/c17-12-11(15-8-9-2-1-5-13-9)14-6-7-16(12)10-3-4-10/h6-7,9-10,13H,1-5,8H2,(H,14,15). The molecule has 3 rings (SSSR count). The Labute approximate surface area is 100 Å². The zero-order valence-electron chi connectivity index (χ0n) is 9.85. The minimum atomic E-state index is 0.0213. The van der Waals surface area contributed by atoms with E-state index < -0.39 is 0 Å². The molecule has 1 aliphatic heterocycles. The smallest absolute Gasteiger partial charge is 0.293 e. The third-order valence-electron chi connectivity index (χ3n) is 3.49. The molecule has 2 N–H and O–H groups in total. The lowest BCUT2D eigenvalue weighted by Gasteiger charge is -2.12. The molecule has 0 radical (unpaired) electrons. The third-order valence-corrected chi connectivity index (χ3v) is 3.49. The second kappa shape index (κ2) is 4.49. The summed E-state index contributed by atoms with van der Waals surface area (Å²) < 4.78 is 1.80. The van der Waals surface area contributed by atoms with Gasteiger partial charge in [-0.05, 0) is 32.2 Å². The third kappa shape index (κ3) is 2.34. The second-order valence-electron chi connectivity index (χ2n) is 4.89. The van der Waals surface area contributed by atoms with Crippen LogP contribution in [0.25, 0.3) is 0 Å². The largest absolute Gasteiger partial charge is 0.364 e. The predicted octanol–water partition coefficient (Wildman–Crippen LogP) is 0.742. The molecule has 0 aromatic carbocycles. The lowest BCUT2D eigenvalue weighted by atomic mass is 10.2. The van der Waals surface area contributed by atoms with Crippen LogP contribution in [0.3, 0.4) is 0 Å². The number of nitrogens with zero attached hydrogens (tertiary/aromatic N) is 2. The van der Waals surface area contributed by atoms with Crippen LogP contribution in [-0.4, -0.2) is 28.7 Å². The fraction of sp³-hybridized carbons (Fsp3) is 0.667. The molecule has 5 heteroatoms. The van der Waals surface area contributed by atoms with Gasteiger partial charge in [0.1, 0.15) is 0 Å². The molecule has 1 saturated carbocycles. The summed E-state index contributed by atoms with van der Waals surface area (Å²) in [6, 6.07) is 0.890. The Hall–Kier alpha value is -1.36. The van der Waals surface area contributed by atoms with Crippen LogP contribution in [-0.2, 0) is 0 Å². The average Bonchev–Trinajstić information content (AvgIpc) is 3.04. The maximum atomic E-state index is 12.1. The van der Waals surface area contributed by atoms with Gasteiger partial charge in [0.25, 0.3) is 5.56 Å². The quantitative estimate of drug-likeness (QED) is 0.807. The summed E-state index contributed by atoms with van der Waals surface area (Å²) in [5.74, 6) is 0.494. The van der Waals surface area contributed by atoms with Crippen molar-refractivity contribution in [3.8, 4) is 0 Å². The number of nitrogens with one attached hydrogen (secondary N) is 2. The van der Waals surface area contributed by atoms with Crippen molar-refractivity contribution in [1.29, 1.82) is 0 Å². The first-order valence-corrected chi connectivity index (χ1v) is 6.39. The summed E-state index contributed by atoms with van der Waals surface area (Å²) >= 11 is 0. The molecule has 1 unspecified atom stereocenters. The number of hydrogen-bond acceptors (Lipinski definition) is 4. The molecule has 1 aromatic rings. The zero-order valence-corrected chi connectivity index (χ0v) is 9.85. The summed E-state index contributed by atoms with van der Waals surface area (Å²) in [6.07, 6.45) is 8.14. The maximum absolute atomic E-state index is 12.1. The fourth-order valence-corrected chi connectivity index (χ4v) is 2.34. The first kappa shape index (κ1) is 10.8. The van der Waals surface area contributed by atoms with Crippen molar-refractivity contribution in [2.75, 3.05) is 18.4 Å². The van der Waals surface area contributed by atoms with E-state index in [2.05, 4.69) is 15.6 Å². The molecule has 0 amide bonds. The molecular weight excluding hydrogens is 216 g/mol. The van der Waals surface area contributed by atoms with Crippen molar-refractivity contribution in [3.05, 3.63) is 22.7 Å². The lowest BCUT2D eigenvalue weighted by Crippen LogP contribution is -2.32. The van der Waals surface area contributed by atoms with Crippen molar-refractivity contribution in [3.63, 3.8) is 0 Å². The SMILES string of the molecule is O=c1c(NCC2CCCN2)nccn1C1CC1. The molecule has 17 heavy (non-hydrogen) atoms. The molecule has 1 aliphatic carbocycles. The molecule has 2 aliphatic rings. The number of rotatable bonds is 4. The van der Waals surface area contributed by atoms with Crippen LogP contribution in [0.1, 0.15) is 31.7 Å². The van der Waals surface area contributed by atoms with Crippen molar-refractivity contribution in [2.45, 2.75) is 37.8 Å². The van der Waals surface area contributed by atoms with Gasteiger partial charge in [0.05, 0.1) is 0 Å². The van der Waals surface area contributed by atoms with Crippen LogP contribution in [0.2, 0.25) is 0 Å². The Morgan fingerprint density at radius 1 is 1.47 bits per heavy atom. The Balaban J connectivity index is 1.69. The van der Waals surface area contributed by atoms with E-state index in [1.54, 1.807) is 17.0 Å². The molecule has 1 atom stereocenters. The monoisotopic (exact) mass is 234 g/mol. The number of anilines is 1. The molecule has 2 fully saturated rings. The van der Waals surface area contributed by atoms with E-state index in [9.17, 15) is 4.79 Å².